The zero-order chi connectivity index (χ0) is 5.98. The molecule has 1 fully saturated rings. The molecule has 46 valence electrons. The first kappa shape index (κ1) is 5.69. The standard InChI is InChI=1S/C5H8FNO/c6-4-3-7-2-1-5(4)8/h4,7H,1-3H2/t4-/m1/s1. The number of Topliss-reactive ketones (excluding diaryl/α,β-unsaturated/α-hetero) is 1. The van der Waals surface area contributed by atoms with Crippen molar-refractivity contribution in [1.82, 2.24) is 5.32 Å². The van der Waals surface area contributed by atoms with Crippen LogP contribution in [0.15, 0.2) is 0 Å². The van der Waals surface area contributed by atoms with Gasteiger partial charge in [0, 0.05) is 19.5 Å². The fourth-order valence-electron chi connectivity index (χ4n) is 0.711. The van der Waals surface area contributed by atoms with Gasteiger partial charge in [-0.25, -0.2) is 4.39 Å². The average molecular weight is 117 g/mol. The van der Waals surface area contributed by atoms with Crippen molar-refractivity contribution in [2.45, 2.75) is 12.6 Å². The number of hydrogen-bond donors (Lipinski definition) is 1. The van der Waals surface area contributed by atoms with Crippen LogP contribution in [-0.2, 0) is 4.79 Å². The van der Waals surface area contributed by atoms with Crippen LogP contribution in [0.4, 0.5) is 4.39 Å². The van der Waals surface area contributed by atoms with Gasteiger partial charge in [-0.05, 0) is 0 Å². The van der Waals surface area contributed by atoms with Crippen molar-refractivity contribution >= 4 is 5.78 Å². The quantitative estimate of drug-likeness (QED) is 0.479. The summed E-state index contributed by atoms with van der Waals surface area (Å²) in [6, 6.07) is 0. The maximum atomic E-state index is 12.2. The number of alkyl halides is 1. The molecule has 0 saturated carbocycles. The van der Waals surface area contributed by atoms with E-state index in [1.807, 2.05) is 0 Å². The van der Waals surface area contributed by atoms with Crippen LogP contribution in [0.2, 0.25) is 0 Å². The highest BCUT2D eigenvalue weighted by atomic mass is 19.1. The first-order valence-corrected chi connectivity index (χ1v) is 2.68. The van der Waals surface area contributed by atoms with Crippen LogP contribution in [0.3, 0.4) is 0 Å². The molecule has 0 amide bonds. The summed E-state index contributed by atoms with van der Waals surface area (Å²) in [5.41, 5.74) is 0. The molecule has 1 aliphatic heterocycles. The van der Waals surface area contributed by atoms with Gasteiger partial charge in [0.15, 0.2) is 12.0 Å². The molecule has 1 aliphatic rings. The number of nitrogens with one attached hydrogen (secondary N) is 1. The summed E-state index contributed by atoms with van der Waals surface area (Å²) < 4.78 is 12.2. The molecule has 2 nitrogen and oxygen atoms in total. The van der Waals surface area contributed by atoms with E-state index < -0.39 is 6.17 Å². The first-order valence-electron chi connectivity index (χ1n) is 2.68. The van der Waals surface area contributed by atoms with E-state index >= 15 is 0 Å². The topological polar surface area (TPSA) is 29.1 Å². The summed E-state index contributed by atoms with van der Waals surface area (Å²) in [6.45, 7) is 0.845. The molecule has 3 heteroatoms. The van der Waals surface area contributed by atoms with Gasteiger partial charge in [-0.3, -0.25) is 4.79 Å². The normalized spacial score (nSPS) is 30.6. The van der Waals surface area contributed by atoms with Gasteiger partial charge in [-0.1, -0.05) is 0 Å². The Morgan fingerprint density at radius 3 is 2.88 bits per heavy atom. The van der Waals surface area contributed by atoms with Crippen molar-refractivity contribution in [3.63, 3.8) is 0 Å². The van der Waals surface area contributed by atoms with Crippen molar-refractivity contribution in [1.29, 1.82) is 0 Å². The van der Waals surface area contributed by atoms with Crippen LogP contribution in [0.1, 0.15) is 6.42 Å². The summed E-state index contributed by atoms with van der Waals surface area (Å²) >= 11 is 0. The highest BCUT2D eigenvalue weighted by molar-refractivity contribution is 5.84. The Balaban J connectivity index is 2.39. The lowest BCUT2D eigenvalue weighted by Gasteiger charge is -2.13. The summed E-state index contributed by atoms with van der Waals surface area (Å²) in [5.74, 6) is -0.260. The van der Waals surface area contributed by atoms with E-state index in [4.69, 9.17) is 0 Å². The van der Waals surface area contributed by atoms with E-state index in [1.54, 1.807) is 0 Å². The predicted octanol–water partition coefficient (Wildman–Crippen LogP) is -0.113. The minimum Gasteiger partial charge on any atom is -0.313 e. The Labute approximate surface area is 47.1 Å². The third-order valence-corrected chi connectivity index (χ3v) is 1.22. The summed E-state index contributed by atoms with van der Waals surface area (Å²) in [4.78, 5) is 10.4. The zero-order valence-electron chi connectivity index (χ0n) is 4.48. The molecule has 1 N–H and O–H groups in total. The van der Waals surface area contributed by atoms with E-state index in [2.05, 4.69) is 5.32 Å². The van der Waals surface area contributed by atoms with Crippen LogP contribution in [0.5, 0.6) is 0 Å². The van der Waals surface area contributed by atoms with E-state index in [9.17, 15) is 9.18 Å². The largest absolute Gasteiger partial charge is 0.313 e. The lowest BCUT2D eigenvalue weighted by Crippen LogP contribution is -2.38. The minimum atomic E-state index is -1.25. The van der Waals surface area contributed by atoms with Crippen molar-refractivity contribution in [3.05, 3.63) is 0 Å². The lowest BCUT2D eigenvalue weighted by molar-refractivity contribution is -0.124. The summed E-state index contributed by atoms with van der Waals surface area (Å²) in [5, 5.41) is 2.77. The van der Waals surface area contributed by atoms with Gasteiger partial charge in [0.05, 0.1) is 0 Å². The van der Waals surface area contributed by atoms with Crippen LogP contribution in [0.25, 0.3) is 0 Å². The maximum absolute atomic E-state index is 12.2. The highest BCUT2D eigenvalue weighted by Crippen LogP contribution is 1.99. The molecular formula is C5H8FNO. The Kier molecular flexibility index (Phi) is 1.58. The second-order valence-electron chi connectivity index (χ2n) is 1.89. The summed E-state index contributed by atoms with van der Waals surface area (Å²) in [7, 11) is 0. The molecule has 0 unspecified atom stereocenters. The van der Waals surface area contributed by atoms with Crippen molar-refractivity contribution in [2.24, 2.45) is 0 Å². The number of halogens is 1. The molecule has 8 heavy (non-hydrogen) atoms. The van der Waals surface area contributed by atoms with E-state index in [-0.39, 0.29) is 12.3 Å². The van der Waals surface area contributed by atoms with Gasteiger partial charge in [-0.15, -0.1) is 0 Å². The van der Waals surface area contributed by atoms with Gasteiger partial charge in [0.1, 0.15) is 0 Å². The summed E-state index contributed by atoms with van der Waals surface area (Å²) in [6.07, 6.45) is -0.898. The van der Waals surface area contributed by atoms with Crippen LogP contribution in [0, 0.1) is 0 Å². The van der Waals surface area contributed by atoms with Crippen LogP contribution >= 0.6 is 0 Å². The van der Waals surface area contributed by atoms with Gasteiger partial charge in [0.25, 0.3) is 0 Å². The molecule has 1 saturated heterocycles. The van der Waals surface area contributed by atoms with Crippen LogP contribution in [-0.4, -0.2) is 25.0 Å². The average Bonchev–Trinajstić information content (AvgIpc) is 1.77. The molecule has 0 aromatic heterocycles. The Bertz CT molecular complexity index is 105. The predicted molar refractivity (Wildman–Crippen MR) is 27.4 cm³/mol. The zero-order valence-corrected chi connectivity index (χ0v) is 4.48. The second-order valence-corrected chi connectivity index (χ2v) is 1.89. The van der Waals surface area contributed by atoms with Gasteiger partial charge in [0.2, 0.25) is 0 Å². The smallest absolute Gasteiger partial charge is 0.170 e. The second kappa shape index (κ2) is 2.22. The molecule has 1 atom stereocenters. The Hall–Kier alpha value is -0.440. The first-order chi connectivity index (χ1) is 3.80. The van der Waals surface area contributed by atoms with Crippen molar-refractivity contribution in [2.75, 3.05) is 13.1 Å². The third-order valence-electron chi connectivity index (χ3n) is 1.22. The Morgan fingerprint density at radius 2 is 2.50 bits per heavy atom. The number of rotatable bonds is 0. The van der Waals surface area contributed by atoms with E-state index in [0.29, 0.717) is 13.0 Å². The molecular weight excluding hydrogens is 109 g/mol. The van der Waals surface area contributed by atoms with Gasteiger partial charge >= 0.3 is 0 Å². The van der Waals surface area contributed by atoms with E-state index in [1.165, 1.54) is 0 Å². The number of carbonyl (C=O) groups excluding carboxylic acids is 1. The third kappa shape index (κ3) is 1.04. The fraction of sp³-hybridized carbons (Fsp3) is 0.800. The molecule has 0 bridgehead atoms. The Morgan fingerprint density at radius 1 is 1.75 bits per heavy atom. The molecule has 0 aliphatic carbocycles. The van der Waals surface area contributed by atoms with Crippen molar-refractivity contribution < 1.29 is 9.18 Å². The van der Waals surface area contributed by atoms with E-state index in [0.717, 1.165) is 0 Å². The highest BCUT2D eigenvalue weighted by Gasteiger charge is 2.19. The molecule has 1 rings (SSSR count). The molecule has 0 aromatic carbocycles. The molecule has 0 spiro atoms. The number of hydrogen-bond acceptors (Lipinski definition) is 2. The number of piperidine rings is 1. The molecule has 1 heterocycles. The number of carbonyl (C=O) groups is 1. The number of ketones is 1. The SMILES string of the molecule is O=C1CCNC[C@H]1F. The lowest BCUT2D eigenvalue weighted by atomic mass is 10.1. The molecule has 0 radical (unpaired) electrons. The maximum Gasteiger partial charge on any atom is 0.170 e. The fourth-order valence-corrected chi connectivity index (χ4v) is 0.711. The van der Waals surface area contributed by atoms with Crippen molar-refractivity contribution in [3.8, 4) is 0 Å². The van der Waals surface area contributed by atoms with Crippen LogP contribution < -0.4 is 5.32 Å². The monoisotopic (exact) mass is 117 g/mol. The molecule has 0 aromatic rings. The van der Waals surface area contributed by atoms with Gasteiger partial charge in [-0.2, -0.15) is 0 Å². The van der Waals surface area contributed by atoms with Gasteiger partial charge < -0.3 is 5.32 Å². The minimum absolute atomic E-state index is 0.207.